The highest BCUT2D eigenvalue weighted by atomic mass is 32.1. The van der Waals surface area contributed by atoms with Crippen molar-refractivity contribution in [1.82, 2.24) is 4.98 Å². The third kappa shape index (κ3) is 3.81. The van der Waals surface area contributed by atoms with Crippen molar-refractivity contribution in [2.45, 2.75) is 26.2 Å². The molecular weight excluding hydrogens is 272 g/mol. The normalized spacial score (nSPS) is 10.6. The number of carbonyl (C=O) groups excluding carboxylic acids is 1. The Bertz CT molecular complexity index is 593. The molecule has 1 N–H and O–H groups in total. The van der Waals surface area contributed by atoms with Crippen LogP contribution in [-0.4, -0.2) is 18.0 Å². The summed E-state index contributed by atoms with van der Waals surface area (Å²) in [7, 11) is 1.60. The molecule has 5 heteroatoms. The molecule has 0 saturated heterocycles. The van der Waals surface area contributed by atoms with Gasteiger partial charge < -0.3 is 10.1 Å². The number of rotatable bonds is 5. The van der Waals surface area contributed by atoms with Gasteiger partial charge in [0.2, 0.25) is 5.91 Å². The topological polar surface area (TPSA) is 51.2 Å². The van der Waals surface area contributed by atoms with Crippen LogP contribution in [0.1, 0.15) is 30.5 Å². The monoisotopic (exact) mass is 290 g/mol. The fourth-order valence-electron chi connectivity index (χ4n) is 1.74. The number of methoxy groups -OCH3 is 1. The molecular formula is C15H18N2O2S. The van der Waals surface area contributed by atoms with Crippen molar-refractivity contribution in [1.29, 1.82) is 0 Å². The van der Waals surface area contributed by atoms with E-state index in [1.165, 1.54) is 0 Å². The molecule has 0 bridgehead atoms. The van der Waals surface area contributed by atoms with E-state index in [9.17, 15) is 4.79 Å². The second-order valence-corrected chi connectivity index (χ2v) is 5.68. The molecule has 0 radical (unpaired) electrons. The van der Waals surface area contributed by atoms with E-state index in [-0.39, 0.29) is 5.91 Å². The number of hydrogen-bond acceptors (Lipinski definition) is 4. The lowest BCUT2D eigenvalue weighted by molar-refractivity contribution is -0.115. The summed E-state index contributed by atoms with van der Waals surface area (Å²) in [6, 6.07) is 7.30. The van der Waals surface area contributed by atoms with Gasteiger partial charge in [0.1, 0.15) is 5.75 Å². The van der Waals surface area contributed by atoms with Crippen LogP contribution in [0.15, 0.2) is 29.6 Å². The van der Waals surface area contributed by atoms with Gasteiger partial charge in [0, 0.05) is 23.1 Å². The standard InChI is InChI=1S/C15H18N2O2S/c1-10(2)15-17-12(9-20-15)8-14(18)16-11-5-4-6-13(7-11)19-3/h4-7,9-10H,8H2,1-3H3,(H,16,18). The molecule has 0 atom stereocenters. The van der Waals surface area contributed by atoms with Crippen LogP contribution >= 0.6 is 11.3 Å². The van der Waals surface area contributed by atoms with Gasteiger partial charge in [0.05, 0.1) is 24.2 Å². The maximum atomic E-state index is 12.0. The summed E-state index contributed by atoms with van der Waals surface area (Å²) in [5.74, 6) is 1.05. The van der Waals surface area contributed by atoms with Crippen molar-refractivity contribution in [2.24, 2.45) is 0 Å². The smallest absolute Gasteiger partial charge is 0.230 e. The van der Waals surface area contributed by atoms with E-state index in [1.807, 2.05) is 23.6 Å². The molecule has 0 aliphatic rings. The number of hydrogen-bond donors (Lipinski definition) is 1. The fraction of sp³-hybridized carbons (Fsp3) is 0.333. The van der Waals surface area contributed by atoms with E-state index in [2.05, 4.69) is 24.1 Å². The minimum absolute atomic E-state index is 0.0705. The summed E-state index contributed by atoms with van der Waals surface area (Å²) in [6.07, 6.45) is 0.292. The first-order valence-corrected chi connectivity index (χ1v) is 7.34. The number of nitrogens with one attached hydrogen (secondary N) is 1. The maximum Gasteiger partial charge on any atom is 0.230 e. The second kappa shape index (κ2) is 6.52. The molecule has 0 spiro atoms. The SMILES string of the molecule is COc1cccc(NC(=O)Cc2csc(C(C)C)n2)c1. The van der Waals surface area contributed by atoms with Gasteiger partial charge in [-0.1, -0.05) is 19.9 Å². The molecule has 0 unspecified atom stereocenters. The van der Waals surface area contributed by atoms with E-state index in [0.717, 1.165) is 22.1 Å². The lowest BCUT2D eigenvalue weighted by Gasteiger charge is -2.06. The summed E-state index contributed by atoms with van der Waals surface area (Å²) in [4.78, 5) is 16.4. The van der Waals surface area contributed by atoms with E-state index in [4.69, 9.17) is 4.74 Å². The Morgan fingerprint density at radius 3 is 2.90 bits per heavy atom. The number of anilines is 1. The fourth-order valence-corrected chi connectivity index (χ4v) is 2.57. The van der Waals surface area contributed by atoms with Crippen LogP contribution in [0.2, 0.25) is 0 Å². The second-order valence-electron chi connectivity index (χ2n) is 4.79. The Labute approximate surface area is 122 Å². The van der Waals surface area contributed by atoms with Gasteiger partial charge in [-0.2, -0.15) is 0 Å². The molecule has 1 heterocycles. The van der Waals surface area contributed by atoms with Crippen LogP contribution in [0, 0.1) is 0 Å². The predicted molar refractivity (Wildman–Crippen MR) is 81.5 cm³/mol. The van der Waals surface area contributed by atoms with Gasteiger partial charge in [0.15, 0.2) is 0 Å². The van der Waals surface area contributed by atoms with Crippen molar-refractivity contribution in [3.05, 3.63) is 40.3 Å². The van der Waals surface area contributed by atoms with Crippen LogP contribution in [0.25, 0.3) is 0 Å². The lowest BCUT2D eigenvalue weighted by Crippen LogP contribution is -2.14. The Morgan fingerprint density at radius 1 is 1.45 bits per heavy atom. The summed E-state index contributed by atoms with van der Waals surface area (Å²) in [6.45, 7) is 4.19. The maximum absolute atomic E-state index is 12.0. The van der Waals surface area contributed by atoms with Crippen LogP contribution in [0.3, 0.4) is 0 Å². The largest absolute Gasteiger partial charge is 0.497 e. The quantitative estimate of drug-likeness (QED) is 0.917. The van der Waals surface area contributed by atoms with Crippen molar-refractivity contribution in [2.75, 3.05) is 12.4 Å². The molecule has 20 heavy (non-hydrogen) atoms. The average molecular weight is 290 g/mol. The summed E-state index contributed by atoms with van der Waals surface area (Å²) in [5.41, 5.74) is 1.55. The van der Waals surface area contributed by atoms with Gasteiger partial charge in [0.25, 0.3) is 0 Å². The lowest BCUT2D eigenvalue weighted by atomic mass is 10.2. The third-order valence-corrected chi connectivity index (χ3v) is 3.95. The zero-order valence-electron chi connectivity index (χ0n) is 11.8. The Kier molecular flexibility index (Phi) is 4.74. The molecule has 0 saturated carbocycles. The van der Waals surface area contributed by atoms with E-state index >= 15 is 0 Å². The molecule has 0 fully saturated rings. The molecule has 2 aromatic rings. The number of nitrogens with zero attached hydrogens (tertiary/aromatic N) is 1. The van der Waals surface area contributed by atoms with Crippen LogP contribution < -0.4 is 10.1 Å². The molecule has 4 nitrogen and oxygen atoms in total. The van der Waals surface area contributed by atoms with Gasteiger partial charge >= 0.3 is 0 Å². The zero-order chi connectivity index (χ0) is 14.5. The zero-order valence-corrected chi connectivity index (χ0v) is 12.7. The van der Waals surface area contributed by atoms with Crippen molar-refractivity contribution < 1.29 is 9.53 Å². The highest BCUT2D eigenvalue weighted by Gasteiger charge is 2.10. The number of thiazole rings is 1. The Balaban J connectivity index is 1.97. The molecule has 1 aromatic heterocycles. The first-order valence-electron chi connectivity index (χ1n) is 6.46. The number of amides is 1. The molecule has 2 rings (SSSR count). The predicted octanol–water partition coefficient (Wildman–Crippen LogP) is 3.46. The van der Waals surface area contributed by atoms with Gasteiger partial charge in [-0.05, 0) is 12.1 Å². The van der Waals surface area contributed by atoms with Crippen LogP contribution in [0.5, 0.6) is 5.75 Å². The summed E-state index contributed by atoms with van der Waals surface area (Å²) < 4.78 is 5.12. The van der Waals surface area contributed by atoms with Gasteiger partial charge in [-0.25, -0.2) is 4.98 Å². The number of benzene rings is 1. The number of aromatic nitrogens is 1. The van der Waals surface area contributed by atoms with Crippen molar-refractivity contribution in [3.8, 4) is 5.75 Å². The minimum atomic E-state index is -0.0705. The van der Waals surface area contributed by atoms with Gasteiger partial charge in [-0.15, -0.1) is 11.3 Å². The van der Waals surface area contributed by atoms with E-state index < -0.39 is 0 Å². The summed E-state index contributed by atoms with van der Waals surface area (Å²) in [5, 5.41) is 5.86. The van der Waals surface area contributed by atoms with E-state index in [1.54, 1.807) is 24.5 Å². The first kappa shape index (κ1) is 14.5. The molecule has 1 aromatic carbocycles. The van der Waals surface area contributed by atoms with Crippen molar-refractivity contribution in [3.63, 3.8) is 0 Å². The molecule has 0 aliphatic heterocycles. The van der Waals surface area contributed by atoms with Gasteiger partial charge in [-0.3, -0.25) is 4.79 Å². The molecule has 1 amide bonds. The van der Waals surface area contributed by atoms with Crippen molar-refractivity contribution >= 4 is 22.9 Å². The minimum Gasteiger partial charge on any atom is -0.497 e. The van der Waals surface area contributed by atoms with Crippen LogP contribution in [0.4, 0.5) is 5.69 Å². The van der Waals surface area contributed by atoms with Crippen LogP contribution in [-0.2, 0) is 11.2 Å². The Morgan fingerprint density at radius 2 is 2.25 bits per heavy atom. The first-order chi connectivity index (χ1) is 9.58. The highest BCUT2D eigenvalue weighted by Crippen LogP contribution is 2.20. The molecule has 0 aliphatic carbocycles. The van der Waals surface area contributed by atoms with E-state index in [0.29, 0.717) is 12.3 Å². The Hall–Kier alpha value is -1.88. The highest BCUT2D eigenvalue weighted by molar-refractivity contribution is 7.09. The summed E-state index contributed by atoms with van der Waals surface area (Å²) >= 11 is 1.60. The number of carbonyl (C=O) groups is 1. The average Bonchev–Trinajstić information content (AvgIpc) is 2.87. The molecule has 106 valence electrons. The third-order valence-electron chi connectivity index (χ3n) is 2.76. The number of ether oxygens (including phenoxy) is 1.